The number of aromatic hydroxyl groups is 1. The summed E-state index contributed by atoms with van der Waals surface area (Å²) in [5.74, 6) is 0.653. The predicted octanol–water partition coefficient (Wildman–Crippen LogP) is 4.84. The Morgan fingerprint density at radius 3 is 2.06 bits per heavy atom. The minimum atomic E-state index is 0.122. The van der Waals surface area contributed by atoms with E-state index in [0.717, 1.165) is 11.1 Å². The standard InChI is InChI=1S/C15H15ClO/c1-10(2)11-3-5-12(6-4-11)13-7-8-14(16)15(17)9-13/h3-10,17H,1-2H3. The van der Waals surface area contributed by atoms with E-state index in [1.165, 1.54) is 5.56 Å². The summed E-state index contributed by atoms with van der Waals surface area (Å²) in [7, 11) is 0. The van der Waals surface area contributed by atoms with Crippen LogP contribution >= 0.6 is 11.6 Å². The van der Waals surface area contributed by atoms with Gasteiger partial charge in [0.05, 0.1) is 5.02 Å². The maximum absolute atomic E-state index is 9.57. The molecule has 0 aliphatic carbocycles. The third-order valence-corrected chi connectivity index (χ3v) is 3.18. The van der Waals surface area contributed by atoms with Crippen molar-refractivity contribution in [1.29, 1.82) is 0 Å². The monoisotopic (exact) mass is 246 g/mol. The van der Waals surface area contributed by atoms with E-state index < -0.39 is 0 Å². The van der Waals surface area contributed by atoms with Gasteiger partial charge in [-0.25, -0.2) is 0 Å². The lowest BCUT2D eigenvalue weighted by Crippen LogP contribution is -1.86. The van der Waals surface area contributed by atoms with Gasteiger partial charge in [0.1, 0.15) is 5.75 Å². The van der Waals surface area contributed by atoms with Crippen molar-refractivity contribution in [2.75, 3.05) is 0 Å². The second-order valence-corrected chi connectivity index (χ2v) is 4.85. The molecule has 0 unspecified atom stereocenters. The molecule has 0 saturated heterocycles. The highest BCUT2D eigenvalue weighted by molar-refractivity contribution is 6.32. The molecule has 2 heteroatoms. The fourth-order valence-electron chi connectivity index (χ4n) is 1.75. The van der Waals surface area contributed by atoms with Crippen LogP contribution in [0.25, 0.3) is 11.1 Å². The molecule has 1 N–H and O–H groups in total. The van der Waals surface area contributed by atoms with Gasteiger partial charge in [-0.05, 0) is 34.7 Å². The third kappa shape index (κ3) is 2.62. The van der Waals surface area contributed by atoms with Crippen molar-refractivity contribution in [3.8, 4) is 16.9 Å². The van der Waals surface area contributed by atoms with Crippen LogP contribution in [0.15, 0.2) is 42.5 Å². The first-order chi connectivity index (χ1) is 8.08. The highest BCUT2D eigenvalue weighted by Crippen LogP contribution is 2.30. The zero-order valence-electron chi connectivity index (χ0n) is 9.94. The lowest BCUT2D eigenvalue weighted by atomic mass is 9.99. The Balaban J connectivity index is 2.36. The fraction of sp³-hybridized carbons (Fsp3) is 0.200. The predicted molar refractivity (Wildman–Crippen MR) is 72.6 cm³/mol. The smallest absolute Gasteiger partial charge is 0.134 e. The first-order valence-electron chi connectivity index (χ1n) is 5.67. The first-order valence-corrected chi connectivity index (χ1v) is 6.04. The molecule has 2 aromatic carbocycles. The molecule has 1 nitrogen and oxygen atoms in total. The second kappa shape index (κ2) is 4.80. The minimum Gasteiger partial charge on any atom is -0.506 e. The maximum Gasteiger partial charge on any atom is 0.134 e. The summed E-state index contributed by atoms with van der Waals surface area (Å²) in [6.45, 7) is 4.34. The molecule has 2 aromatic rings. The van der Waals surface area contributed by atoms with E-state index in [0.29, 0.717) is 10.9 Å². The number of hydrogen-bond donors (Lipinski definition) is 1. The normalized spacial score (nSPS) is 10.8. The topological polar surface area (TPSA) is 20.2 Å². The molecule has 0 bridgehead atoms. The van der Waals surface area contributed by atoms with Gasteiger partial charge in [0.2, 0.25) is 0 Å². The van der Waals surface area contributed by atoms with E-state index in [9.17, 15) is 5.11 Å². The van der Waals surface area contributed by atoms with Crippen LogP contribution in [0.2, 0.25) is 5.02 Å². The van der Waals surface area contributed by atoms with Crippen LogP contribution in [-0.2, 0) is 0 Å². The van der Waals surface area contributed by atoms with Gasteiger partial charge in [-0.1, -0.05) is 55.8 Å². The number of phenols is 1. The lowest BCUT2D eigenvalue weighted by Gasteiger charge is -2.07. The summed E-state index contributed by atoms with van der Waals surface area (Å²) in [6, 6.07) is 13.7. The molecule has 0 aliphatic rings. The van der Waals surface area contributed by atoms with Gasteiger partial charge < -0.3 is 5.11 Å². The van der Waals surface area contributed by atoms with Crippen LogP contribution in [0.3, 0.4) is 0 Å². The Morgan fingerprint density at radius 1 is 0.941 bits per heavy atom. The average Bonchev–Trinajstić information content (AvgIpc) is 2.33. The lowest BCUT2D eigenvalue weighted by molar-refractivity contribution is 0.476. The summed E-state index contributed by atoms with van der Waals surface area (Å²) in [6.07, 6.45) is 0. The van der Waals surface area contributed by atoms with Crippen LogP contribution < -0.4 is 0 Å². The largest absolute Gasteiger partial charge is 0.506 e. The maximum atomic E-state index is 9.57. The number of halogens is 1. The molecule has 0 spiro atoms. The summed E-state index contributed by atoms with van der Waals surface area (Å²) in [5.41, 5.74) is 3.37. The van der Waals surface area contributed by atoms with Crippen molar-refractivity contribution < 1.29 is 5.11 Å². The van der Waals surface area contributed by atoms with Crippen LogP contribution in [0.4, 0.5) is 0 Å². The van der Waals surface area contributed by atoms with E-state index >= 15 is 0 Å². The van der Waals surface area contributed by atoms with Crippen molar-refractivity contribution >= 4 is 11.6 Å². The molecule has 0 fully saturated rings. The molecule has 2 rings (SSSR count). The van der Waals surface area contributed by atoms with Crippen LogP contribution in [0.1, 0.15) is 25.3 Å². The van der Waals surface area contributed by atoms with Gasteiger partial charge in [0.25, 0.3) is 0 Å². The van der Waals surface area contributed by atoms with Crippen LogP contribution in [-0.4, -0.2) is 5.11 Å². The zero-order chi connectivity index (χ0) is 12.4. The Kier molecular flexibility index (Phi) is 3.39. The molecular weight excluding hydrogens is 232 g/mol. The highest BCUT2D eigenvalue weighted by Gasteiger charge is 2.03. The number of benzene rings is 2. The Morgan fingerprint density at radius 2 is 1.53 bits per heavy atom. The van der Waals surface area contributed by atoms with Gasteiger partial charge in [0, 0.05) is 0 Å². The number of rotatable bonds is 2. The second-order valence-electron chi connectivity index (χ2n) is 4.44. The molecule has 0 aromatic heterocycles. The van der Waals surface area contributed by atoms with Gasteiger partial charge in [-0.3, -0.25) is 0 Å². The first kappa shape index (κ1) is 12.0. The fourth-order valence-corrected chi connectivity index (χ4v) is 1.87. The Labute approximate surface area is 107 Å². The van der Waals surface area contributed by atoms with E-state index in [2.05, 4.69) is 38.1 Å². The molecule has 0 radical (unpaired) electrons. The van der Waals surface area contributed by atoms with E-state index in [4.69, 9.17) is 11.6 Å². The Hall–Kier alpha value is -1.47. The van der Waals surface area contributed by atoms with E-state index in [1.807, 2.05) is 6.07 Å². The van der Waals surface area contributed by atoms with Crippen molar-refractivity contribution in [3.63, 3.8) is 0 Å². The summed E-state index contributed by atoms with van der Waals surface area (Å²) >= 11 is 5.78. The van der Waals surface area contributed by atoms with E-state index in [-0.39, 0.29) is 5.75 Å². The molecule has 17 heavy (non-hydrogen) atoms. The summed E-state index contributed by atoms with van der Waals surface area (Å²) in [5, 5.41) is 9.95. The summed E-state index contributed by atoms with van der Waals surface area (Å²) < 4.78 is 0. The van der Waals surface area contributed by atoms with Crippen molar-refractivity contribution in [1.82, 2.24) is 0 Å². The molecule has 0 heterocycles. The molecule has 0 saturated carbocycles. The van der Waals surface area contributed by atoms with Gasteiger partial charge in [-0.15, -0.1) is 0 Å². The van der Waals surface area contributed by atoms with Crippen LogP contribution in [0, 0.1) is 0 Å². The Bertz CT molecular complexity index is 515. The van der Waals surface area contributed by atoms with Crippen molar-refractivity contribution in [2.45, 2.75) is 19.8 Å². The number of hydrogen-bond acceptors (Lipinski definition) is 1. The van der Waals surface area contributed by atoms with E-state index in [1.54, 1.807) is 12.1 Å². The molecular formula is C15H15ClO. The SMILES string of the molecule is CC(C)c1ccc(-c2ccc(Cl)c(O)c2)cc1. The summed E-state index contributed by atoms with van der Waals surface area (Å²) in [4.78, 5) is 0. The highest BCUT2D eigenvalue weighted by atomic mass is 35.5. The molecule has 0 amide bonds. The minimum absolute atomic E-state index is 0.122. The van der Waals surface area contributed by atoms with Gasteiger partial charge in [0.15, 0.2) is 0 Å². The van der Waals surface area contributed by atoms with Crippen molar-refractivity contribution in [2.24, 2.45) is 0 Å². The zero-order valence-corrected chi connectivity index (χ0v) is 10.7. The van der Waals surface area contributed by atoms with Gasteiger partial charge in [-0.2, -0.15) is 0 Å². The average molecular weight is 247 g/mol. The van der Waals surface area contributed by atoms with Crippen molar-refractivity contribution in [3.05, 3.63) is 53.1 Å². The molecule has 0 atom stereocenters. The molecule has 0 aliphatic heterocycles. The number of phenolic OH excluding ortho intramolecular Hbond substituents is 1. The molecule has 88 valence electrons. The van der Waals surface area contributed by atoms with Gasteiger partial charge >= 0.3 is 0 Å². The third-order valence-electron chi connectivity index (χ3n) is 2.86. The quantitative estimate of drug-likeness (QED) is 0.804. The van der Waals surface area contributed by atoms with Crippen LogP contribution in [0.5, 0.6) is 5.75 Å².